The summed E-state index contributed by atoms with van der Waals surface area (Å²) < 4.78 is 4.48. The van der Waals surface area contributed by atoms with Crippen LogP contribution in [0.1, 0.15) is 44.9 Å². The minimum atomic E-state index is -0.252. The Balaban J connectivity index is 1.27. The Morgan fingerprint density at radius 3 is 2.75 bits per heavy atom. The van der Waals surface area contributed by atoms with Crippen LogP contribution in [0.15, 0.2) is 23.5 Å². The number of nitrogens with one attached hydrogen (secondary N) is 1. The van der Waals surface area contributed by atoms with E-state index in [1.807, 2.05) is 21.9 Å². The summed E-state index contributed by atoms with van der Waals surface area (Å²) in [6.07, 6.45) is 12.5. The van der Waals surface area contributed by atoms with E-state index in [-0.39, 0.29) is 16.9 Å². The van der Waals surface area contributed by atoms with E-state index in [2.05, 4.69) is 36.4 Å². The van der Waals surface area contributed by atoms with E-state index in [1.165, 1.54) is 6.42 Å². The molecule has 4 aliphatic carbocycles. The van der Waals surface area contributed by atoms with Crippen molar-refractivity contribution in [2.45, 2.75) is 57.0 Å². The minimum Gasteiger partial charge on any atom is -0.356 e. The first-order valence-corrected chi connectivity index (χ1v) is 11.2. The van der Waals surface area contributed by atoms with Gasteiger partial charge in [0.1, 0.15) is 6.33 Å². The van der Waals surface area contributed by atoms with E-state index in [9.17, 15) is 4.79 Å². The number of hydrogen-bond acceptors (Lipinski definition) is 4. The second kappa shape index (κ2) is 6.83. The Morgan fingerprint density at radius 2 is 2.11 bits per heavy atom. The van der Waals surface area contributed by atoms with Gasteiger partial charge in [0.25, 0.3) is 0 Å². The van der Waals surface area contributed by atoms with Gasteiger partial charge in [0.05, 0.1) is 22.2 Å². The third-order valence-electron chi connectivity index (χ3n) is 6.91. The lowest BCUT2D eigenvalue weighted by Crippen LogP contribution is -2.61. The van der Waals surface area contributed by atoms with Crippen molar-refractivity contribution in [3.8, 4) is 0 Å². The topological polar surface area (TPSA) is 77.6 Å². The number of halogens is 2. The number of hydrogen-bond donors (Lipinski definition) is 1. The fourth-order valence-electron chi connectivity index (χ4n) is 6.31. The van der Waals surface area contributed by atoms with Crippen molar-refractivity contribution in [3.05, 3.63) is 28.5 Å². The van der Waals surface area contributed by atoms with Crippen molar-refractivity contribution in [3.63, 3.8) is 0 Å². The van der Waals surface area contributed by atoms with E-state index >= 15 is 0 Å². The summed E-state index contributed by atoms with van der Waals surface area (Å²) in [5, 5.41) is 12.6. The van der Waals surface area contributed by atoms with Crippen molar-refractivity contribution in [2.24, 2.45) is 17.3 Å². The van der Waals surface area contributed by atoms with Gasteiger partial charge < -0.3 is 5.32 Å². The Bertz CT molecular complexity index is 881. The fraction of sp³-hybridized carbons (Fsp3) is 0.684. The molecule has 4 bridgehead atoms. The van der Waals surface area contributed by atoms with Crippen LogP contribution in [0.25, 0.3) is 0 Å². The van der Waals surface area contributed by atoms with Crippen molar-refractivity contribution in [2.75, 3.05) is 6.54 Å². The first-order chi connectivity index (χ1) is 13.5. The average Bonchev–Trinajstić information content (AvgIpc) is 3.26. The van der Waals surface area contributed by atoms with Gasteiger partial charge in [-0.2, -0.15) is 5.10 Å². The van der Waals surface area contributed by atoms with Crippen LogP contribution in [0.3, 0.4) is 0 Å². The van der Waals surface area contributed by atoms with Crippen LogP contribution in [-0.4, -0.2) is 37.0 Å². The molecule has 4 fully saturated rings. The number of rotatable bonds is 6. The highest BCUT2D eigenvalue weighted by Gasteiger charge is 2.61. The van der Waals surface area contributed by atoms with Gasteiger partial charge in [-0.15, -0.1) is 5.10 Å². The zero-order valence-corrected chi connectivity index (χ0v) is 18.0. The van der Waals surface area contributed by atoms with Gasteiger partial charge in [0, 0.05) is 19.3 Å². The van der Waals surface area contributed by atoms with Crippen LogP contribution < -0.4 is 5.32 Å². The maximum Gasteiger partial charge on any atom is 0.226 e. The predicted octanol–water partition coefficient (Wildman–Crippen LogP) is 3.39. The third-order valence-corrected chi connectivity index (χ3v) is 7.47. The van der Waals surface area contributed by atoms with Crippen molar-refractivity contribution in [1.82, 2.24) is 29.9 Å². The van der Waals surface area contributed by atoms with E-state index < -0.39 is 0 Å². The molecule has 7 nitrogen and oxygen atoms in total. The molecular formula is C19H24BrClN6O. The standard InChI is InChI=1S/C19H24BrClN6O/c20-17-23-12-27(25-17)19-7-13-4-14(8-19)6-18(5-13,11-19)16(28)22-2-1-3-26-10-15(21)9-24-26/h9-10,12-14H,1-8,11H2,(H,22,28). The monoisotopic (exact) mass is 466 g/mol. The number of aromatic nitrogens is 5. The summed E-state index contributed by atoms with van der Waals surface area (Å²) in [5.41, 5.74) is -0.302. The Kier molecular flexibility index (Phi) is 4.54. The molecule has 1 N–H and O–H groups in total. The van der Waals surface area contributed by atoms with E-state index in [4.69, 9.17) is 11.6 Å². The number of aryl methyl sites for hydroxylation is 1. The van der Waals surface area contributed by atoms with Crippen molar-refractivity contribution < 1.29 is 4.79 Å². The summed E-state index contributed by atoms with van der Waals surface area (Å²) in [6, 6.07) is 0. The summed E-state index contributed by atoms with van der Waals surface area (Å²) in [6.45, 7) is 1.41. The van der Waals surface area contributed by atoms with Gasteiger partial charge in [-0.3, -0.25) is 9.48 Å². The minimum absolute atomic E-state index is 0.0494. The van der Waals surface area contributed by atoms with Crippen LogP contribution in [0.5, 0.6) is 0 Å². The molecule has 2 aromatic heterocycles. The van der Waals surface area contributed by atoms with Crippen LogP contribution in [0, 0.1) is 17.3 Å². The summed E-state index contributed by atoms with van der Waals surface area (Å²) in [7, 11) is 0. The quantitative estimate of drug-likeness (QED) is 0.661. The summed E-state index contributed by atoms with van der Waals surface area (Å²) >= 11 is 9.28. The third kappa shape index (κ3) is 3.18. The SMILES string of the molecule is O=C(NCCCn1cc(Cl)cn1)C12CC3CC(C1)CC(n1cnc(Br)n1)(C3)C2. The Hall–Kier alpha value is -1.41. The molecule has 2 heterocycles. The molecule has 0 aliphatic heterocycles. The van der Waals surface area contributed by atoms with E-state index in [0.29, 0.717) is 28.1 Å². The zero-order chi connectivity index (χ0) is 19.4. The predicted molar refractivity (Wildman–Crippen MR) is 108 cm³/mol. The molecule has 2 atom stereocenters. The second-order valence-corrected chi connectivity index (χ2v) is 10.1. The zero-order valence-electron chi connectivity index (χ0n) is 15.7. The lowest BCUT2D eigenvalue weighted by atomic mass is 9.46. The number of nitrogens with zero attached hydrogens (tertiary/aromatic N) is 5. The normalized spacial score (nSPS) is 33.4. The Morgan fingerprint density at radius 1 is 1.32 bits per heavy atom. The van der Waals surface area contributed by atoms with Crippen LogP contribution in [0.2, 0.25) is 5.02 Å². The van der Waals surface area contributed by atoms with Gasteiger partial charge in [0.2, 0.25) is 10.6 Å². The van der Waals surface area contributed by atoms with Crippen LogP contribution >= 0.6 is 27.5 Å². The molecule has 28 heavy (non-hydrogen) atoms. The second-order valence-electron chi connectivity index (χ2n) is 8.95. The molecule has 2 aromatic rings. The molecule has 0 aromatic carbocycles. The highest BCUT2D eigenvalue weighted by molar-refractivity contribution is 9.10. The molecule has 0 radical (unpaired) electrons. The molecule has 0 saturated heterocycles. The highest BCUT2D eigenvalue weighted by atomic mass is 79.9. The van der Waals surface area contributed by atoms with E-state index in [1.54, 1.807) is 6.20 Å². The molecule has 1 amide bonds. The van der Waals surface area contributed by atoms with Crippen LogP contribution in [0.4, 0.5) is 0 Å². The first kappa shape index (κ1) is 18.6. The smallest absolute Gasteiger partial charge is 0.226 e. The first-order valence-electron chi connectivity index (χ1n) is 10.0. The van der Waals surface area contributed by atoms with Gasteiger partial charge in [-0.1, -0.05) is 11.6 Å². The lowest BCUT2D eigenvalue weighted by molar-refractivity contribution is -0.156. The maximum absolute atomic E-state index is 13.3. The van der Waals surface area contributed by atoms with Gasteiger partial charge in [0.15, 0.2) is 0 Å². The molecule has 9 heteroatoms. The molecule has 4 saturated carbocycles. The van der Waals surface area contributed by atoms with Crippen molar-refractivity contribution in [1.29, 1.82) is 0 Å². The van der Waals surface area contributed by atoms with E-state index in [0.717, 1.165) is 45.1 Å². The molecule has 150 valence electrons. The highest BCUT2D eigenvalue weighted by Crippen LogP contribution is 2.64. The fourth-order valence-corrected chi connectivity index (χ4v) is 6.73. The number of carbonyl (C=O) groups is 1. The summed E-state index contributed by atoms with van der Waals surface area (Å²) in [5.74, 6) is 1.45. The maximum atomic E-state index is 13.3. The summed E-state index contributed by atoms with van der Waals surface area (Å²) in [4.78, 5) is 17.6. The lowest BCUT2D eigenvalue weighted by Gasteiger charge is -2.60. The molecule has 4 aliphatic rings. The largest absolute Gasteiger partial charge is 0.356 e. The van der Waals surface area contributed by atoms with Gasteiger partial charge in [-0.25, -0.2) is 9.67 Å². The number of carbonyl (C=O) groups excluding carboxylic acids is 1. The molecular weight excluding hydrogens is 444 g/mol. The molecule has 0 spiro atoms. The van der Waals surface area contributed by atoms with Crippen molar-refractivity contribution >= 4 is 33.4 Å². The molecule has 6 rings (SSSR count). The van der Waals surface area contributed by atoms with Crippen LogP contribution in [-0.2, 0) is 16.9 Å². The van der Waals surface area contributed by atoms with Gasteiger partial charge >= 0.3 is 0 Å². The molecule has 2 unspecified atom stereocenters. The number of amides is 1. The average molecular weight is 468 g/mol. The Labute approximate surface area is 177 Å². The van der Waals surface area contributed by atoms with Gasteiger partial charge in [-0.05, 0) is 72.7 Å².